The second-order valence-electron chi connectivity index (χ2n) is 5.21. The summed E-state index contributed by atoms with van der Waals surface area (Å²) in [6.45, 7) is 4.60. The molecule has 0 saturated heterocycles. The highest BCUT2D eigenvalue weighted by Crippen LogP contribution is 2.20. The molecule has 3 N–H and O–H groups in total. The topological polar surface area (TPSA) is 105 Å². The number of amides is 2. The molecule has 1 atom stereocenters. The van der Waals surface area contributed by atoms with Crippen molar-refractivity contribution in [1.29, 1.82) is 0 Å². The summed E-state index contributed by atoms with van der Waals surface area (Å²) in [4.78, 5) is 34.9. The number of carbonyl (C=O) groups is 3. The monoisotopic (exact) mass is 314 g/mol. The summed E-state index contributed by atoms with van der Waals surface area (Å²) in [5.74, 6) is -1.77. The number of ether oxygens (including phenoxy) is 1. The van der Waals surface area contributed by atoms with Gasteiger partial charge < -0.3 is 20.5 Å². The van der Waals surface area contributed by atoms with Crippen molar-refractivity contribution in [1.82, 2.24) is 10.6 Å². The molecule has 0 aliphatic heterocycles. The van der Waals surface area contributed by atoms with Gasteiger partial charge in [0.1, 0.15) is 18.2 Å². The largest absolute Gasteiger partial charge is 0.480 e. The Balaban J connectivity index is 2.77. The fourth-order valence-corrected chi connectivity index (χ4v) is 2.19. The average molecular weight is 314 g/mol. The van der Waals surface area contributed by atoms with Gasteiger partial charge in [-0.1, -0.05) is 6.07 Å². The Morgan fingerprint density at radius 2 is 2.05 bits per heavy atom. The van der Waals surface area contributed by atoms with E-state index in [4.69, 9.17) is 9.84 Å². The molecule has 21 heavy (non-hydrogen) atoms. The maximum atomic E-state index is 12.0. The third kappa shape index (κ3) is 6.26. The summed E-state index contributed by atoms with van der Waals surface area (Å²) in [5.41, 5.74) is -0.693. The predicted molar refractivity (Wildman–Crippen MR) is 77.1 cm³/mol. The van der Waals surface area contributed by atoms with E-state index >= 15 is 0 Å². The smallest absolute Gasteiger partial charge is 0.408 e. The van der Waals surface area contributed by atoms with Crippen LogP contribution in [0.5, 0.6) is 0 Å². The molecule has 116 valence electrons. The molecule has 1 aromatic heterocycles. The van der Waals surface area contributed by atoms with Gasteiger partial charge in [0.15, 0.2) is 0 Å². The van der Waals surface area contributed by atoms with Gasteiger partial charge in [0.05, 0.1) is 0 Å². The Bertz CT molecular complexity index is 507. The number of alkyl carbamates (subject to hydrolysis) is 1. The van der Waals surface area contributed by atoms with Gasteiger partial charge in [-0.3, -0.25) is 9.59 Å². The molecule has 1 unspecified atom stereocenters. The molecular formula is C13H18N2O5S. The van der Waals surface area contributed by atoms with Crippen molar-refractivity contribution < 1.29 is 24.2 Å². The number of rotatable bonds is 5. The molecular weight excluding hydrogens is 296 g/mol. The fraction of sp³-hybridized carbons (Fsp3) is 0.462. The number of carboxylic acids is 1. The lowest BCUT2D eigenvalue weighted by Gasteiger charge is -2.22. The molecule has 0 saturated carbocycles. The third-order valence-corrected chi connectivity index (χ3v) is 3.10. The van der Waals surface area contributed by atoms with Crippen LogP contribution in [0.25, 0.3) is 0 Å². The van der Waals surface area contributed by atoms with Crippen LogP contribution in [0, 0.1) is 0 Å². The molecule has 1 heterocycles. The zero-order valence-electron chi connectivity index (χ0n) is 12.0. The lowest BCUT2D eigenvalue weighted by atomic mass is 10.2. The normalized spacial score (nSPS) is 12.3. The first kappa shape index (κ1) is 17.0. The maximum absolute atomic E-state index is 12.0. The number of carbonyl (C=O) groups excluding carboxylic acids is 2. The summed E-state index contributed by atoms with van der Waals surface area (Å²) in [7, 11) is 0. The average Bonchev–Trinajstić information content (AvgIpc) is 2.84. The standard InChI is InChI=1S/C13H18N2O5S/c1-13(2,3)20-12(19)15-10(8-5-4-6-21-8)11(18)14-7-9(16)17/h4-6,10H,7H2,1-3H3,(H,14,18)(H,15,19)(H,16,17). The van der Waals surface area contributed by atoms with Crippen LogP contribution in [-0.2, 0) is 14.3 Å². The van der Waals surface area contributed by atoms with Crippen molar-refractivity contribution in [2.75, 3.05) is 6.54 Å². The molecule has 0 aliphatic rings. The highest BCUT2D eigenvalue weighted by molar-refractivity contribution is 7.10. The van der Waals surface area contributed by atoms with Gasteiger partial charge in [0.2, 0.25) is 5.91 Å². The van der Waals surface area contributed by atoms with Crippen LogP contribution >= 0.6 is 11.3 Å². The van der Waals surface area contributed by atoms with Crippen LogP contribution < -0.4 is 10.6 Å². The van der Waals surface area contributed by atoms with Crippen molar-refractivity contribution in [2.45, 2.75) is 32.4 Å². The van der Waals surface area contributed by atoms with Gasteiger partial charge >= 0.3 is 12.1 Å². The summed E-state index contributed by atoms with van der Waals surface area (Å²) in [6.07, 6.45) is -0.744. The number of carboxylic acid groups (broad SMARTS) is 1. The number of hydrogen-bond acceptors (Lipinski definition) is 5. The summed E-state index contributed by atoms with van der Waals surface area (Å²) in [5, 5.41) is 15.0. The maximum Gasteiger partial charge on any atom is 0.408 e. The molecule has 0 aliphatic carbocycles. The van der Waals surface area contributed by atoms with Gasteiger partial charge in [0, 0.05) is 4.88 Å². The SMILES string of the molecule is CC(C)(C)OC(=O)NC(C(=O)NCC(=O)O)c1cccs1. The van der Waals surface area contributed by atoms with E-state index in [-0.39, 0.29) is 0 Å². The zero-order valence-corrected chi connectivity index (χ0v) is 12.8. The van der Waals surface area contributed by atoms with E-state index in [2.05, 4.69) is 10.6 Å². The van der Waals surface area contributed by atoms with Gasteiger partial charge in [-0.25, -0.2) is 4.79 Å². The molecule has 0 bridgehead atoms. The molecule has 0 aromatic carbocycles. The summed E-state index contributed by atoms with van der Waals surface area (Å²) in [6, 6.07) is 2.42. The zero-order chi connectivity index (χ0) is 16.0. The first-order valence-electron chi connectivity index (χ1n) is 6.21. The van der Waals surface area contributed by atoms with E-state index in [9.17, 15) is 14.4 Å². The molecule has 0 radical (unpaired) electrons. The number of aliphatic carboxylic acids is 1. The van der Waals surface area contributed by atoms with Crippen LogP contribution in [0.1, 0.15) is 31.7 Å². The molecule has 8 heteroatoms. The van der Waals surface area contributed by atoms with Gasteiger partial charge in [-0.05, 0) is 32.2 Å². The molecule has 7 nitrogen and oxygen atoms in total. The number of thiophene rings is 1. The van der Waals surface area contributed by atoms with Gasteiger partial charge in [-0.15, -0.1) is 11.3 Å². The molecule has 1 aromatic rings. The Hall–Kier alpha value is -2.09. The Morgan fingerprint density at radius 3 is 2.52 bits per heavy atom. The lowest BCUT2D eigenvalue weighted by Crippen LogP contribution is -2.43. The molecule has 0 fully saturated rings. The Morgan fingerprint density at radius 1 is 1.38 bits per heavy atom. The van der Waals surface area contributed by atoms with E-state index in [0.717, 1.165) is 0 Å². The van der Waals surface area contributed by atoms with Crippen LogP contribution in [-0.4, -0.2) is 35.2 Å². The lowest BCUT2D eigenvalue weighted by molar-refractivity contribution is -0.138. The highest BCUT2D eigenvalue weighted by atomic mass is 32.1. The second-order valence-corrected chi connectivity index (χ2v) is 6.19. The van der Waals surface area contributed by atoms with Crippen molar-refractivity contribution >= 4 is 29.3 Å². The van der Waals surface area contributed by atoms with Crippen LogP contribution in [0.2, 0.25) is 0 Å². The van der Waals surface area contributed by atoms with E-state index in [1.807, 2.05) is 0 Å². The van der Waals surface area contributed by atoms with Crippen LogP contribution in [0.4, 0.5) is 4.79 Å². The van der Waals surface area contributed by atoms with Crippen molar-refractivity contribution in [3.8, 4) is 0 Å². The van der Waals surface area contributed by atoms with Crippen molar-refractivity contribution in [3.05, 3.63) is 22.4 Å². The minimum atomic E-state index is -1.16. The van der Waals surface area contributed by atoms with Crippen molar-refractivity contribution in [3.63, 3.8) is 0 Å². The van der Waals surface area contributed by atoms with Crippen LogP contribution in [0.15, 0.2) is 17.5 Å². The van der Waals surface area contributed by atoms with E-state index in [0.29, 0.717) is 4.88 Å². The van der Waals surface area contributed by atoms with E-state index < -0.39 is 36.2 Å². The number of nitrogens with one attached hydrogen (secondary N) is 2. The minimum absolute atomic E-state index is 0.517. The first-order valence-corrected chi connectivity index (χ1v) is 7.09. The molecule has 2 amide bonds. The Labute approximate surface area is 126 Å². The first-order chi connectivity index (χ1) is 9.69. The molecule has 0 spiro atoms. The highest BCUT2D eigenvalue weighted by Gasteiger charge is 2.26. The van der Waals surface area contributed by atoms with Crippen LogP contribution in [0.3, 0.4) is 0 Å². The summed E-state index contributed by atoms with van der Waals surface area (Å²) >= 11 is 1.28. The van der Waals surface area contributed by atoms with E-state index in [1.165, 1.54) is 11.3 Å². The fourth-order valence-electron chi connectivity index (χ4n) is 1.41. The van der Waals surface area contributed by atoms with E-state index in [1.54, 1.807) is 38.3 Å². The predicted octanol–water partition coefficient (Wildman–Crippen LogP) is 1.51. The number of hydrogen-bond donors (Lipinski definition) is 3. The Kier molecular flexibility index (Phi) is 5.71. The second kappa shape index (κ2) is 7.07. The van der Waals surface area contributed by atoms with Crippen molar-refractivity contribution in [2.24, 2.45) is 0 Å². The quantitative estimate of drug-likeness (QED) is 0.764. The minimum Gasteiger partial charge on any atom is -0.480 e. The van der Waals surface area contributed by atoms with Gasteiger partial charge in [-0.2, -0.15) is 0 Å². The summed E-state index contributed by atoms with van der Waals surface area (Å²) < 4.78 is 5.10. The third-order valence-electron chi connectivity index (χ3n) is 2.16. The van der Waals surface area contributed by atoms with Gasteiger partial charge in [0.25, 0.3) is 0 Å². The molecule has 1 rings (SSSR count).